The molecular weight excluding hydrogens is 286 g/mol. The quantitative estimate of drug-likeness (QED) is 0.822. The molecule has 5 heteroatoms. The molecule has 0 aromatic heterocycles. The number of hydrogen-bond acceptors (Lipinski definition) is 3. The topological polar surface area (TPSA) is 55.4 Å². The number of hydrogen-bond donors (Lipinski definition) is 1. The Hall–Kier alpha value is -1.17. The van der Waals surface area contributed by atoms with Crippen molar-refractivity contribution in [2.24, 2.45) is 5.41 Å². The average molecular weight is 309 g/mol. The van der Waals surface area contributed by atoms with Gasteiger partial charge in [-0.15, -0.1) is 6.58 Å². The Morgan fingerprint density at radius 2 is 1.90 bits per heavy atom. The Morgan fingerprint density at radius 1 is 1.29 bits per heavy atom. The van der Waals surface area contributed by atoms with E-state index >= 15 is 0 Å². The summed E-state index contributed by atoms with van der Waals surface area (Å²) in [5.41, 5.74) is 0.971. The summed E-state index contributed by atoms with van der Waals surface area (Å²) in [6, 6.07) is 6.90. The van der Waals surface area contributed by atoms with Crippen LogP contribution in [-0.2, 0) is 14.8 Å². The summed E-state index contributed by atoms with van der Waals surface area (Å²) in [5, 5.41) is 0. The highest BCUT2D eigenvalue weighted by Crippen LogP contribution is 2.34. The molecule has 0 amide bonds. The van der Waals surface area contributed by atoms with Crippen molar-refractivity contribution in [1.82, 2.24) is 4.72 Å². The highest BCUT2D eigenvalue weighted by molar-refractivity contribution is 7.89. The Kier molecular flexibility index (Phi) is 5.19. The monoisotopic (exact) mass is 309 g/mol. The molecule has 0 aliphatic carbocycles. The van der Waals surface area contributed by atoms with Crippen molar-refractivity contribution in [1.29, 1.82) is 0 Å². The van der Waals surface area contributed by atoms with Crippen LogP contribution in [0.15, 0.2) is 41.8 Å². The van der Waals surface area contributed by atoms with Crippen LogP contribution in [0.4, 0.5) is 0 Å². The second kappa shape index (κ2) is 6.73. The minimum Gasteiger partial charge on any atom is -0.381 e. The molecule has 4 nitrogen and oxygen atoms in total. The molecule has 1 heterocycles. The second-order valence-electron chi connectivity index (χ2n) is 5.74. The summed E-state index contributed by atoms with van der Waals surface area (Å²) in [4.78, 5) is 0.314. The predicted octanol–water partition coefficient (Wildman–Crippen LogP) is 2.65. The smallest absolute Gasteiger partial charge is 0.240 e. The fraction of sp³-hybridized carbons (Fsp3) is 0.500. The molecule has 116 valence electrons. The van der Waals surface area contributed by atoms with E-state index in [2.05, 4.69) is 11.3 Å². The summed E-state index contributed by atoms with van der Waals surface area (Å²) < 4.78 is 32.9. The van der Waals surface area contributed by atoms with E-state index in [1.807, 2.05) is 25.1 Å². The lowest BCUT2D eigenvalue weighted by atomic mass is 9.77. The molecule has 1 aromatic carbocycles. The summed E-state index contributed by atoms with van der Waals surface area (Å²) in [5.74, 6) is 0. The van der Waals surface area contributed by atoms with Crippen LogP contribution in [0.5, 0.6) is 0 Å². The molecule has 2 rings (SSSR count). The SMILES string of the molecule is C=CCC1(CNS(=O)(=O)c2ccc(C)cc2)CCOCC1. The standard InChI is InChI=1S/C16H23NO3S/c1-3-8-16(9-11-20-12-10-16)13-17-21(18,19)15-6-4-14(2)5-7-15/h3-7,17H,1,8-13H2,2H3. The van der Waals surface area contributed by atoms with Crippen LogP contribution < -0.4 is 4.72 Å². The van der Waals surface area contributed by atoms with E-state index in [1.165, 1.54) is 0 Å². The van der Waals surface area contributed by atoms with Gasteiger partial charge in [-0.3, -0.25) is 0 Å². The van der Waals surface area contributed by atoms with Crippen LogP contribution in [0.1, 0.15) is 24.8 Å². The van der Waals surface area contributed by atoms with Crippen molar-refractivity contribution in [2.75, 3.05) is 19.8 Å². The first-order valence-corrected chi connectivity index (χ1v) is 8.71. The van der Waals surface area contributed by atoms with Gasteiger partial charge in [-0.05, 0) is 43.7 Å². The van der Waals surface area contributed by atoms with Crippen molar-refractivity contribution < 1.29 is 13.2 Å². The maximum absolute atomic E-state index is 12.4. The fourth-order valence-electron chi connectivity index (χ4n) is 2.61. The number of benzene rings is 1. The van der Waals surface area contributed by atoms with Gasteiger partial charge in [0.2, 0.25) is 10.0 Å². The zero-order valence-corrected chi connectivity index (χ0v) is 13.3. The van der Waals surface area contributed by atoms with Crippen LogP contribution in [0.25, 0.3) is 0 Å². The van der Waals surface area contributed by atoms with Gasteiger partial charge < -0.3 is 4.74 Å². The third-order valence-corrected chi connectivity index (χ3v) is 5.52. The molecule has 0 bridgehead atoms. The average Bonchev–Trinajstić information content (AvgIpc) is 2.47. The zero-order valence-electron chi connectivity index (χ0n) is 12.5. The minimum absolute atomic E-state index is 0.0717. The molecule has 1 aromatic rings. The van der Waals surface area contributed by atoms with Gasteiger partial charge in [0, 0.05) is 19.8 Å². The third kappa shape index (κ3) is 4.15. The molecule has 0 atom stereocenters. The van der Waals surface area contributed by atoms with Gasteiger partial charge in [-0.25, -0.2) is 13.1 Å². The van der Waals surface area contributed by atoms with Crippen molar-refractivity contribution in [3.8, 4) is 0 Å². The van der Waals surface area contributed by atoms with Crippen molar-refractivity contribution in [3.63, 3.8) is 0 Å². The Labute approximate surface area is 127 Å². The summed E-state index contributed by atoms with van der Waals surface area (Å²) >= 11 is 0. The number of nitrogens with one attached hydrogen (secondary N) is 1. The Morgan fingerprint density at radius 3 is 2.48 bits per heavy atom. The molecular formula is C16H23NO3S. The van der Waals surface area contributed by atoms with Gasteiger partial charge in [0.05, 0.1) is 4.90 Å². The van der Waals surface area contributed by atoms with E-state index < -0.39 is 10.0 Å². The molecule has 0 spiro atoms. The van der Waals surface area contributed by atoms with Crippen molar-refractivity contribution in [2.45, 2.75) is 31.1 Å². The van der Waals surface area contributed by atoms with Gasteiger partial charge >= 0.3 is 0 Å². The van der Waals surface area contributed by atoms with Crippen LogP contribution in [0, 0.1) is 12.3 Å². The van der Waals surface area contributed by atoms with Gasteiger partial charge in [0.25, 0.3) is 0 Å². The van der Waals surface area contributed by atoms with Crippen LogP contribution in [-0.4, -0.2) is 28.2 Å². The first-order chi connectivity index (χ1) is 9.97. The van der Waals surface area contributed by atoms with E-state index in [-0.39, 0.29) is 5.41 Å². The van der Waals surface area contributed by atoms with Crippen LogP contribution >= 0.6 is 0 Å². The molecule has 1 N–H and O–H groups in total. The predicted molar refractivity (Wildman–Crippen MR) is 83.7 cm³/mol. The number of aryl methyl sites for hydroxylation is 1. The minimum atomic E-state index is -3.46. The maximum atomic E-state index is 12.4. The highest BCUT2D eigenvalue weighted by atomic mass is 32.2. The molecule has 0 radical (unpaired) electrons. The summed E-state index contributed by atoms with van der Waals surface area (Å²) in [7, 11) is -3.46. The van der Waals surface area contributed by atoms with Crippen molar-refractivity contribution >= 4 is 10.0 Å². The van der Waals surface area contributed by atoms with Crippen molar-refractivity contribution in [3.05, 3.63) is 42.5 Å². The number of sulfonamides is 1. The lowest BCUT2D eigenvalue weighted by molar-refractivity contribution is 0.0187. The zero-order chi connectivity index (χ0) is 15.3. The van der Waals surface area contributed by atoms with E-state index in [1.54, 1.807) is 12.1 Å². The molecule has 21 heavy (non-hydrogen) atoms. The summed E-state index contributed by atoms with van der Waals surface area (Å²) in [6.07, 6.45) is 4.38. The van der Waals surface area contributed by atoms with Gasteiger partial charge in [-0.1, -0.05) is 23.8 Å². The molecule has 1 saturated heterocycles. The van der Waals surface area contributed by atoms with E-state index in [0.29, 0.717) is 24.7 Å². The molecule has 1 aliphatic heterocycles. The van der Waals surface area contributed by atoms with E-state index in [9.17, 15) is 8.42 Å². The number of ether oxygens (including phenoxy) is 1. The number of rotatable bonds is 6. The molecule has 1 fully saturated rings. The third-order valence-electron chi connectivity index (χ3n) is 4.10. The van der Waals surface area contributed by atoms with Crippen LogP contribution in [0.2, 0.25) is 0 Å². The first kappa shape index (κ1) is 16.2. The first-order valence-electron chi connectivity index (χ1n) is 7.22. The Bertz CT molecular complexity index is 572. The lowest BCUT2D eigenvalue weighted by Gasteiger charge is -2.36. The second-order valence-corrected chi connectivity index (χ2v) is 7.51. The van der Waals surface area contributed by atoms with Gasteiger partial charge in [0.15, 0.2) is 0 Å². The molecule has 0 unspecified atom stereocenters. The summed E-state index contributed by atoms with van der Waals surface area (Å²) in [6.45, 7) is 7.52. The fourth-order valence-corrected chi connectivity index (χ4v) is 3.77. The normalized spacial score (nSPS) is 18.3. The number of allylic oxidation sites excluding steroid dienone is 1. The highest BCUT2D eigenvalue weighted by Gasteiger charge is 2.32. The Balaban J connectivity index is 2.08. The van der Waals surface area contributed by atoms with Crippen LogP contribution in [0.3, 0.4) is 0 Å². The van der Waals surface area contributed by atoms with E-state index in [0.717, 1.165) is 24.8 Å². The molecule has 1 aliphatic rings. The van der Waals surface area contributed by atoms with E-state index in [4.69, 9.17) is 4.74 Å². The van der Waals surface area contributed by atoms with Gasteiger partial charge in [0.1, 0.15) is 0 Å². The van der Waals surface area contributed by atoms with Gasteiger partial charge in [-0.2, -0.15) is 0 Å². The maximum Gasteiger partial charge on any atom is 0.240 e. The largest absolute Gasteiger partial charge is 0.381 e. The molecule has 0 saturated carbocycles. The lowest BCUT2D eigenvalue weighted by Crippen LogP contribution is -2.41.